The van der Waals surface area contributed by atoms with Gasteiger partial charge in [-0.15, -0.1) is 0 Å². The molecule has 0 aromatic rings. The van der Waals surface area contributed by atoms with Crippen molar-refractivity contribution in [2.45, 2.75) is 32.0 Å². The summed E-state index contributed by atoms with van der Waals surface area (Å²) in [5.74, 6) is -1.22. The molecule has 6 heteroatoms. The molecule has 0 aromatic carbocycles. The van der Waals surface area contributed by atoms with Crippen molar-refractivity contribution in [2.24, 2.45) is 5.92 Å². The number of halogens is 3. The largest absolute Gasteiger partial charge is 0.414 e. The lowest BCUT2D eigenvalue weighted by molar-refractivity contribution is -0.121. The first-order valence-corrected chi connectivity index (χ1v) is 4.80. The third-order valence-electron chi connectivity index (χ3n) is 2.39. The summed E-state index contributed by atoms with van der Waals surface area (Å²) >= 11 is 0. The lowest BCUT2D eigenvalue weighted by Gasteiger charge is -2.28. The average Bonchev–Trinajstić information content (AvgIpc) is 2.15. The molecule has 16 heavy (non-hydrogen) atoms. The Labute approximate surface area is 90.9 Å². The molecule has 3 nitrogen and oxygen atoms in total. The van der Waals surface area contributed by atoms with Crippen LogP contribution in [0.25, 0.3) is 0 Å². The number of hydrogen-bond donors (Lipinski definition) is 1. The molecule has 0 aliphatic heterocycles. The second-order valence-electron chi connectivity index (χ2n) is 3.69. The Morgan fingerprint density at radius 2 is 2.19 bits per heavy atom. The maximum Gasteiger partial charge on any atom is 0.414 e. The standard InChI is InChI=1S/C10H11F3N2O/c1-6(16)15-9-3-2-7(5-14)4-8(9)10(11,12)13/h4,7,9H,2-3H2,1H3,(H,15,16). The molecule has 2 atom stereocenters. The first-order valence-electron chi connectivity index (χ1n) is 4.80. The highest BCUT2D eigenvalue weighted by Crippen LogP contribution is 2.35. The van der Waals surface area contributed by atoms with E-state index in [2.05, 4.69) is 5.32 Å². The van der Waals surface area contributed by atoms with Crippen molar-refractivity contribution < 1.29 is 18.0 Å². The van der Waals surface area contributed by atoms with Gasteiger partial charge in [0, 0.05) is 6.92 Å². The number of carbonyl (C=O) groups is 1. The van der Waals surface area contributed by atoms with Crippen LogP contribution in [0, 0.1) is 17.2 Å². The first kappa shape index (κ1) is 12.6. The summed E-state index contributed by atoms with van der Waals surface area (Å²) in [6, 6.07) is 0.765. The monoisotopic (exact) mass is 232 g/mol. The lowest BCUT2D eigenvalue weighted by atomic mass is 9.87. The van der Waals surface area contributed by atoms with Crippen LogP contribution in [0.3, 0.4) is 0 Å². The van der Waals surface area contributed by atoms with Gasteiger partial charge < -0.3 is 5.32 Å². The molecule has 1 amide bonds. The molecule has 1 aliphatic carbocycles. The third-order valence-corrected chi connectivity index (χ3v) is 2.39. The molecule has 0 saturated carbocycles. The van der Waals surface area contributed by atoms with Crippen molar-refractivity contribution in [1.82, 2.24) is 5.32 Å². The van der Waals surface area contributed by atoms with E-state index >= 15 is 0 Å². The summed E-state index contributed by atoms with van der Waals surface area (Å²) in [6.07, 6.45) is -3.11. The number of amides is 1. The zero-order valence-corrected chi connectivity index (χ0v) is 8.64. The fraction of sp³-hybridized carbons (Fsp3) is 0.600. The minimum atomic E-state index is -4.50. The molecular formula is C10H11F3N2O. The Balaban J connectivity index is 2.95. The highest BCUT2D eigenvalue weighted by molar-refractivity contribution is 5.73. The van der Waals surface area contributed by atoms with Crippen molar-refractivity contribution >= 4 is 5.91 Å². The Kier molecular flexibility index (Phi) is 3.58. The van der Waals surface area contributed by atoms with Gasteiger partial charge in [-0.25, -0.2) is 0 Å². The Morgan fingerprint density at radius 3 is 2.62 bits per heavy atom. The van der Waals surface area contributed by atoms with Gasteiger partial charge in [-0.3, -0.25) is 4.79 Å². The molecule has 0 radical (unpaired) electrons. The molecule has 0 spiro atoms. The molecule has 0 heterocycles. The number of alkyl halides is 3. The molecule has 1 aliphatic rings. The molecule has 0 bridgehead atoms. The molecular weight excluding hydrogens is 221 g/mol. The molecule has 0 saturated heterocycles. The van der Waals surface area contributed by atoms with Crippen LogP contribution in [-0.2, 0) is 4.79 Å². The van der Waals surface area contributed by atoms with Crippen LogP contribution in [0.4, 0.5) is 13.2 Å². The van der Waals surface area contributed by atoms with E-state index in [1.54, 1.807) is 6.07 Å². The van der Waals surface area contributed by atoms with Gasteiger partial charge in [0.1, 0.15) is 0 Å². The Hall–Kier alpha value is -1.51. The second kappa shape index (κ2) is 4.56. The van der Waals surface area contributed by atoms with E-state index in [1.807, 2.05) is 0 Å². The van der Waals surface area contributed by atoms with Crippen LogP contribution in [0.5, 0.6) is 0 Å². The minimum Gasteiger partial charge on any atom is -0.350 e. The molecule has 1 N–H and O–H groups in total. The third kappa shape index (κ3) is 2.99. The number of carbonyl (C=O) groups excluding carboxylic acids is 1. The summed E-state index contributed by atoms with van der Waals surface area (Å²) in [7, 11) is 0. The van der Waals surface area contributed by atoms with Gasteiger partial charge >= 0.3 is 6.18 Å². The quantitative estimate of drug-likeness (QED) is 0.702. The smallest absolute Gasteiger partial charge is 0.350 e. The van der Waals surface area contributed by atoms with Crippen molar-refractivity contribution in [3.63, 3.8) is 0 Å². The zero-order valence-electron chi connectivity index (χ0n) is 8.64. The van der Waals surface area contributed by atoms with E-state index in [0.717, 1.165) is 6.08 Å². The highest BCUT2D eigenvalue weighted by Gasteiger charge is 2.41. The van der Waals surface area contributed by atoms with Crippen molar-refractivity contribution in [1.29, 1.82) is 5.26 Å². The molecule has 88 valence electrons. The maximum absolute atomic E-state index is 12.6. The Bertz CT molecular complexity index is 354. The van der Waals surface area contributed by atoms with E-state index in [-0.39, 0.29) is 6.42 Å². The van der Waals surface area contributed by atoms with E-state index in [9.17, 15) is 18.0 Å². The second-order valence-corrected chi connectivity index (χ2v) is 3.69. The SMILES string of the molecule is CC(=O)NC1CCC(C#N)C=C1C(F)(F)F. The summed E-state index contributed by atoms with van der Waals surface area (Å²) in [5.41, 5.74) is -0.819. The summed E-state index contributed by atoms with van der Waals surface area (Å²) < 4.78 is 37.9. The van der Waals surface area contributed by atoms with E-state index in [1.165, 1.54) is 6.92 Å². The molecule has 0 fully saturated rings. The van der Waals surface area contributed by atoms with E-state index in [0.29, 0.717) is 6.42 Å². The minimum absolute atomic E-state index is 0.142. The number of nitrogens with one attached hydrogen (secondary N) is 1. The average molecular weight is 232 g/mol. The van der Waals surface area contributed by atoms with Gasteiger partial charge in [0.25, 0.3) is 0 Å². The van der Waals surface area contributed by atoms with Gasteiger partial charge in [0.05, 0.1) is 23.6 Å². The number of nitrogens with zero attached hydrogens (tertiary/aromatic N) is 1. The number of allylic oxidation sites excluding steroid dienone is 1. The van der Waals surface area contributed by atoms with Crippen LogP contribution in [0.2, 0.25) is 0 Å². The van der Waals surface area contributed by atoms with Gasteiger partial charge in [-0.1, -0.05) is 6.08 Å². The topological polar surface area (TPSA) is 52.9 Å². The predicted octanol–water partition coefficient (Wildman–Crippen LogP) is 1.91. The van der Waals surface area contributed by atoms with Crippen molar-refractivity contribution in [3.05, 3.63) is 11.6 Å². The summed E-state index contributed by atoms with van der Waals surface area (Å²) in [6.45, 7) is 1.17. The maximum atomic E-state index is 12.6. The van der Waals surface area contributed by atoms with E-state index < -0.39 is 29.6 Å². The lowest BCUT2D eigenvalue weighted by Crippen LogP contribution is -2.41. The van der Waals surface area contributed by atoms with Crippen LogP contribution in [0.1, 0.15) is 19.8 Å². The van der Waals surface area contributed by atoms with Crippen LogP contribution in [0.15, 0.2) is 11.6 Å². The summed E-state index contributed by atoms with van der Waals surface area (Å²) in [4.78, 5) is 10.8. The predicted molar refractivity (Wildman–Crippen MR) is 50.1 cm³/mol. The molecule has 2 unspecified atom stereocenters. The fourth-order valence-electron chi connectivity index (χ4n) is 1.71. The van der Waals surface area contributed by atoms with Gasteiger partial charge in [0.15, 0.2) is 0 Å². The summed E-state index contributed by atoms with van der Waals surface area (Å²) in [5, 5.41) is 10.8. The first-order chi connectivity index (χ1) is 7.34. The Morgan fingerprint density at radius 1 is 1.56 bits per heavy atom. The normalized spacial score (nSPS) is 25.6. The number of rotatable bonds is 1. The number of hydrogen-bond acceptors (Lipinski definition) is 2. The van der Waals surface area contributed by atoms with Crippen molar-refractivity contribution in [2.75, 3.05) is 0 Å². The van der Waals surface area contributed by atoms with Gasteiger partial charge in [-0.2, -0.15) is 18.4 Å². The van der Waals surface area contributed by atoms with Crippen LogP contribution in [-0.4, -0.2) is 18.1 Å². The van der Waals surface area contributed by atoms with Crippen molar-refractivity contribution in [3.8, 4) is 6.07 Å². The number of nitriles is 1. The van der Waals surface area contributed by atoms with E-state index in [4.69, 9.17) is 5.26 Å². The highest BCUT2D eigenvalue weighted by atomic mass is 19.4. The fourth-order valence-corrected chi connectivity index (χ4v) is 1.71. The van der Waals surface area contributed by atoms with Crippen LogP contribution < -0.4 is 5.32 Å². The van der Waals surface area contributed by atoms with Gasteiger partial charge in [0.2, 0.25) is 5.91 Å². The molecule has 0 aromatic heterocycles. The van der Waals surface area contributed by atoms with Crippen LogP contribution >= 0.6 is 0 Å². The van der Waals surface area contributed by atoms with Gasteiger partial charge in [-0.05, 0) is 12.8 Å². The zero-order chi connectivity index (χ0) is 12.3. The molecule has 1 rings (SSSR count).